The van der Waals surface area contributed by atoms with Gasteiger partial charge >= 0.3 is 0 Å². The third-order valence-electron chi connectivity index (χ3n) is 4.14. The first-order valence-electron chi connectivity index (χ1n) is 8.28. The predicted molar refractivity (Wildman–Crippen MR) is 93.1 cm³/mol. The minimum Gasteiger partial charge on any atom is -0.488 e. The van der Waals surface area contributed by atoms with Crippen LogP contribution in [0.1, 0.15) is 33.7 Å². The molecule has 0 spiro atoms. The minimum atomic E-state index is -0.608. The number of methoxy groups -OCH3 is 1. The molecule has 136 valence electrons. The third-order valence-corrected chi connectivity index (χ3v) is 4.14. The number of carbonyl (C=O) groups excluding carboxylic acids is 2. The summed E-state index contributed by atoms with van der Waals surface area (Å²) < 4.78 is 10.9. The molecule has 0 saturated carbocycles. The third kappa shape index (κ3) is 4.08. The Morgan fingerprint density at radius 3 is 2.81 bits per heavy atom. The van der Waals surface area contributed by atoms with Crippen LogP contribution in [0, 0.1) is 0 Å². The molecule has 8 nitrogen and oxygen atoms in total. The molecule has 26 heavy (non-hydrogen) atoms. The summed E-state index contributed by atoms with van der Waals surface area (Å²) >= 11 is 0. The van der Waals surface area contributed by atoms with Crippen molar-refractivity contribution in [2.24, 2.45) is 5.73 Å². The van der Waals surface area contributed by atoms with Gasteiger partial charge in [0.25, 0.3) is 11.8 Å². The molecule has 1 aliphatic rings. The summed E-state index contributed by atoms with van der Waals surface area (Å²) in [4.78, 5) is 33.6. The van der Waals surface area contributed by atoms with Gasteiger partial charge in [0, 0.05) is 31.1 Å². The van der Waals surface area contributed by atoms with Crippen molar-refractivity contribution >= 4 is 11.8 Å². The second-order valence-corrected chi connectivity index (χ2v) is 5.96. The molecule has 2 N–H and O–H groups in total. The van der Waals surface area contributed by atoms with Gasteiger partial charge in [0.05, 0.1) is 19.2 Å². The fourth-order valence-corrected chi connectivity index (χ4v) is 2.84. The standard InChI is InChI=1S/C18H20N4O4/c1-25-16-5-4-12(10-21-16)18(24)22-8-2-3-14(11-22)26-13-6-7-20-15(9-13)17(19)23/h4-7,9-10,14H,2-3,8,11H2,1H3,(H2,19,23). The number of hydrogen-bond donors (Lipinski definition) is 1. The van der Waals surface area contributed by atoms with Crippen molar-refractivity contribution in [3.8, 4) is 11.6 Å². The van der Waals surface area contributed by atoms with E-state index in [-0.39, 0.29) is 17.7 Å². The highest BCUT2D eigenvalue weighted by Gasteiger charge is 2.26. The van der Waals surface area contributed by atoms with Gasteiger partial charge in [0.2, 0.25) is 5.88 Å². The Bertz CT molecular complexity index is 794. The number of nitrogens with zero attached hydrogens (tertiary/aromatic N) is 3. The predicted octanol–water partition coefficient (Wildman–Crippen LogP) is 1.27. The number of carbonyl (C=O) groups is 2. The molecule has 0 aromatic carbocycles. The van der Waals surface area contributed by atoms with Gasteiger partial charge in [0.1, 0.15) is 17.5 Å². The van der Waals surface area contributed by atoms with E-state index in [1.807, 2.05) is 0 Å². The molecular weight excluding hydrogens is 336 g/mol. The van der Waals surface area contributed by atoms with Crippen molar-refractivity contribution in [2.45, 2.75) is 18.9 Å². The molecule has 2 aromatic heterocycles. The van der Waals surface area contributed by atoms with Crippen LogP contribution in [0.5, 0.6) is 11.6 Å². The maximum absolute atomic E-state index is 12.7. The van der Waals surface area contributed by atoms with E-state index in [0.29, 0.717) is 30.3 Å². The lowest BCUT2D eigenvalue weighted by Crippen LogP contribution is -2.44. The van der Waals surface area contributed by atoms with Crippen LogP contribution in [0.2, 0.25) is 0 Å². The fourth-order valence-electron chi connectivity index (χ4n) is 2.84. The molecule has 1 saturated heterocycles. The van der Waals surface area contributed by atoms with Gasteiger partial charge in [-0.1, -0.05) is 0 Å². The number of likely N-dealkylation sites (tertiary alicyclic amines) is 1. The van der Waals surface area contributed by atoms with Crippen molar-refractivity contribution in [1.29, 1.82) is 0 Å². The zero-order valence-electron chi connectivity index (χ0n) is 14.4. The molecule has 2 amide bonds. The lowest BCUT2D eigenvalue weighted by Gasteiger charge is -2.33. The number of piperidine rings is 1. The van der Waals surface area contributed by atoms with Crippen LogP contribution >= 0.6 is 0 Å². The Balaban J connectivity index is 1.65. The fraction of sp³-hybridized carbons (Fsp3) is 0.333. The van der Waals surface area contributed by atoms with E-state index in [4.69, 9.17) is 15.2 Å². The van der Waals surface area contributed by atoms with Crippen LogP contribution in [0.25, 0.3) is 0 Å². The van der Waals surface area contributed by atoms with Crippen LogP contribution < -0.4 is 15.2 Å². The number of primary amides is 1. The SMILES string of the molecule is COc1ccc(C(=O)N2CCCC(Oc3ccnc(C(N)=O)c3)C2)cn1. The number of nitrogens with two attached hydrogens (primary N) is 1. The van der Waals surface area contributed by atoms with E-state index in [2.05, 4.69) is 9.97 Å². The first-order chi connectivity index (χ1) is 12.6. The largest absolute Gasteiger partial charge is 0.488 e. The smallest absolute Gasteiger partial charge is 0.267 e. The molecule has 8 heteroatoms. The maximum Gasteiger partial charge on any atom is 0.267 e. The first-order valence-corrected chi connectivity index (χ1v) is 8.28. The number of ether oxygens (including phenoxy) is 2. The molecule has 3 heterocycles. The van der Waals surface area contributed by atoms with E-state index in [0.717, 1.165) is 12.8 Å². The highest BCUT2D eigenvalue weighted by Crippen LogP contribution is 2.20. The number of amides is 2. The zero-order chi connectivity index (χ0) is 18.5. The van der Waals surface area contributed by atoms with E-state index in [1.165, 1.54) is 25.6 Å². The quantitative estimate of drug-likeness (QED) is 0.864. The summed E-state index contributed by atoms with van der Waals surface area (Å²) in [6.45, 7) is 1.12. The van der Waals surface area contributed by atoms with E-state index < -0.39 is 5.91 Å². The molecule has 0 radical (unpaired) electrons. The van der Waals surface area contributed by atoms with Crippen molar-refractivity contribution < 1.29 is 19.1 Å². The van der Waals surface area contributed by atoms with E-state index in [9.17, 15) is 9.59 Å². The first kappa shape index (κ1) is 17.7. The summed E-state index contributed by atoms with van der Waals surface area (Å²) in [5.41, 5.74) is 5.89. The van der Waals surface area contributed by atoms with Crippen molar-refractivity contribution in [3.05, 3.63) is 47.9 Å². The van der Waals surface area contributed by atoms with Gasteiger partial charge in [-0.05, 0) is 25.0 Å². The molecule has 1 aliphatic heterocycles. The Morgan fingerprint density at radius 2 is 2.12 bits per heavy atom. The normalized spacial score (nSPS) is 16.8. The molecule has 0 aliphatic carbocycles. The van der Waals surface area contributed by atoms with Gasteiger partial charge in [0.15, 0.2) is 0 Å². The Labute approximate surface area is 150 Å². The van der Waals surface area contributed by atoms with Crippen LogP contribution in [-0.4, -0.2) is 53.0 Å². The summed E-state index contributed by atoms with van der Waals surface area (Å²) in [6, 6.07) is 6.53. The van der Waals surface area contributed by atoms with Crippen molar-refractivity contribution in [2.75, 3.05) is 20.2 Å². The number of aromatic nitrogens is 2. The van der Waals surface area contributed by atoms with Crippen LogP contribution in [-0.2, 0) is 0 Å². The summed E-state index contributed by atoms with van der Waals surface area (Å²) in [5.74, 6) is 0.271. The second kappa shape index (κ2) is 7.81. The topological polar surface area (TPSA) is 108 Å². The monoisotopic (exact) mass is 356 g/mol. The van der Waals surface area contributed by atoms with Gasteiger partial charge in [-0.15, -0.1) is 0 Å². The zero-order valence-corrected chi connectivity index (χ0v) is 14.4. The summed E-state index contributed by atoms with van der Waals surface area (Å²) in [7, 11) is 1.53. The molecule has 3 rings (SSSR count). The van der Waals surface area contributed by atoms with Gasteiger partial charge in [-0.25, -0.2) is 4.98 Å². The molecule has 2 aromatic rings. The Hall–Kier alpha value is -3.16. The highest BCUT2D eigenvalue weighted by molar-refractivity contribution is 5.94. The average Bonchev–Trinajstić information content (AvgIpc) is 2.68. The van der Waals surface area contributed by atoms with Crippen LogP contribution in [0.3, 0.4) is 0 Å². The lowest BCUT2D eigenvalue weighted by molar-refractivity contribution is 0.0537. The van der Waals surface area contributed by atoms with Crippen LogP contribution in [0.15, 0.2) is 36.7 Å². The minimum absolute atomic E-state index is 0.0963. The lowest BCUT2D eigenvalue weighted by atomic mass is 10.1. The van der Waals surface area contributed by atoms with E-state index >= 15 is 0 Å². The Morgan fingerprint density at radius 1 is 1.27 bits per heavy atom. The van der Waals surface area contributed by atoms with Crippen LogP contribution in [0.4, 0.5) is 0 Å². The van der Waals surface area contributed by atoms with Gasteiger partial charge in [-0.2, -0.15) is 0 Å². The molecule has 1 atom stereocenters. The Kier molecular flexibility index (Phi) is 5.31. The molecule has 1 fully saturated rings. The van der Waals surface area contributed by atoms with E-state index in [1.54, 1.807) is 23.1 Å². The number of hydrogen-bond acceptors (Lipinski definition) is 6. The average molecular weight is 356 g/mol. The maximum atomic E-state index is 12.7. The number of rotatable bonds is 5. The van der Waals surface area contributed by atoms with Gasteiger partial charge in [-0.3, -0.25) is 14.6 Å². The second-order valence-electron chi connectivity index (χ2n) is 5.96. The highest BCUT2D eigenvalue weighted by atomic mass is 16.5. The summed E-state index contributed by atoms with van der Waals surface area (Å²) in [6.07, 6.45) is 4.46. The summed E-state index contributed by atoms with van der Waals surface area (Å²) in [5, 5.41) is 0. The van der Waals surface area contributed by atoms with Crippen molar-refractivity contribution in [1.82, 2.24) is 14.9 Å². The molecule has 0 bridgehead atoms. The van der Waals surface area contributed by atoms with Gasteiger partial charge < -0.3 is 20.1 Å². The van der Waals surface area contributed by atoms with Crippen molar-refractivity contribution in [3.63, 3.8) is 0 Å². The molecular formula is C18H20N4O4. The molecule has 1 unspecified atom stereocenters. The number of pyridine rings is 2.